The van der Waals surface area contributed by atoms with Gasteiger partial charge in [0, 0.05) is 22.4 Å². The summed E-state index contributed by atoms with van der Waals surface area (Å²) in [4.78, 5) is 7.82. The number of ether oxygens (including phenoxy) is 1. The number of nitrogens with zero attached hydrogens (tertiary/aromatic N) is 3. The van der Waals surface area contributed by atoms with Crippen molar-refractivity contribution in [1.29, 1.82) is 0 Å². The summed E-state index contributed by atoms with van der Waals surface area (Å²) in [6.45, 7) is 0. The molecular formula is C17H17Cl2N5O. The second-order valence-corrected chi connectivity index (χ2v) is 6.18. The number of hydrogen-bond acceptors (Lipinski definition) is 3. The van der Waals surface area contributed by atoms with Crippen molar-refractivity contribution in [3.05, 3.63) is 47.2 Å². The van der Waals surface area contributed by atoms with E-state index >= 15 is 0 Å². The van der Waals surface area contributed by atoms with E-state index in [0.717, 1.165) is 28.5 Å². The molecule has 130 valence electrons. The number of aromatic nitrogens is 4. The summed E-state index contributed by atoms with van der Waals surface area (Å²) in [5.74, 6) is 0.760. The minimum Gasteiger partial charge on any atom is -1.00 e. The summed E-state index contributed by atoms with van der Waals surface area (Å²) in [6, 6.07) is 9.93. The van der Waals surface area contributed by atoms with E-state index in [4.69, 9.17) is 16.3 Å². The molecule has 2 heterocycles. The Morgan fingerprint density at radius 2 is 2.08 bits per heavy atom. The zero-order valence-electron chi connectivity index (χ0n) is 13.5. The Morgan fingerprint density at radius 3 is 2.76 bits per heavy atom. The molecule has 1 saturated carbocycles. The maximum Gasteiger partial charge on any atom is 0.265 e. The molecule has 0 amide bonds. The van der Waals surface area contributed by atoms with E-state index in [2.05, 4.69) is 20.3 Å². The zero-order chi connectivity index (χ0) is 16.5. The summed E-state index contributed by atoms with van der Waals surface area (Å²) in [5, 5.41) is 8.03. The molecule has 0 atom stereocenters. The van der Waals surface area contributed by atoms with Crippen molar-refractivity contribution in [2.24, 2.45) is 4.99 Å². The van der Waals surface area contributed by atoms with Crippen LogP contribution in [0.4, 0.5) is 0 Å². The van der Waals surface area contributed by atoms with Crippen LogP contribution < -0.4 is 21.8 Å². The number of halogens is 2. The molecule has 1 aromatic carbocycles. The first-order chi connectivity index (χ1) is 11.7. The Morgan fingerprint density at radius 1 is 1.32 bits per heavy atom. The number of aromatic amines is 2. The minimum absolute atomic E-state index is 0. The molecule has 0 saturated heterocycles. The van der Waals surface area contributed by atoms with Gasteiger partial charge in [-0.25, -0.2) is 0 Å². The van der Waals surface area contributed by atoms with Gasteiger partial charge in [-0.05, 0) is 37.1 Å². The van der Waals surface area contributed by atoms with Crippen molar-refractivity contribution in [2.75, 3.05) is 7.11 Å². The van der Waals surface area contributed by atoms with Crippen LogP contribution in [-0.4, -0.2) is 34.7 Å². The van der Waals surface area contributed by atoms with Crippen LogP contribution in [0.2, 0.25) is 5.02 Å². The van der Waals surface area contributed by atoms with Crippen LogP contribution in [0.25, 0.3) is 17.1 Å². The van der Waals surface area contributed by atoms with E-state index in [9.17, 15) is 0 Å². The van der Waals surface area contributed by atoms with Gasteiger partial charge in [-0.3, -0.25) is 4.99 Å². The first kappa shape index (κ1) is 17.5. The molecular weight excluding hydrogens is 361 g/mol. The number of hydrogen-bond donors (Lipinski definition) is 2. The van der Waals surface area contributed by atoms with Crippen LogP contribution in [0.3, 0.4) is 0 Å². The Hall–Kier alpha value is -2.31. The molecule has 1 aliphatic carbocycles. The third-order valence-electron chi connectivity index (χ3n) is 3.90. The average molecular weight is 378 g/mol. The standard InChI is InChI=1S/C17H16ClN5O.ClH/c1-24-17-8-14(20-15(17)9-19-12-4-5-12)16-10-23(22-21-16)13-6-2-11(18)3-7-13;/h2-3,6-10,12H,4-5H2,1H3,(H,19,20);1H. The Labute approximate surface area is 156 Å². The molecule has 1 fully saturated rings. The summed E-state index contributed by atoms with van der Waals surface area (Å²) in [7, 11) is 1.65. The fourth-order valence-electron chi connectivity index (χ4n) is 2.41. The van der Waals surface area contributed by atoms with E-state index in [1.807, 2.05) is 47.4 Å². The van der Waals surface area contributed by atoms with Gasteiger partial charge in [-0.2, -0.15) is 0 Å². The minimum atomic E-state index is 0. The molecule has 0 bridgehead atoms. The second kappa shape index (κ2) is 7.29. The van der Waals surface area contributed by atoms with Crippen LogP contribution >= 0.6 is 11.6 Å². The van der Waals surface area contributed by atoms with Gasteiger partial charge in [0.2, 0.25) is 0 Å². The third kappa shape index (κ3) is 3.86. The summed E-state index contributed by atoms with van der Waals surface area (Å²) < 4.78 is 7.25. The molecule has 0 spiro atoms. The lowest BCUT2D eigenvalue weighted by Crippen LogP contribution is -3.00. The summed E-state index contributed by atoms with van der Waals surface area (Å²) in [5.41, 5.74) is 3.47. The topological polar surface area (TPSA) is 69.9 Å². The Bertz CT molecular complexity index is 881. The van der Waals surface area contributed by atoms with Crippen LogP contribution in [0.1, 0.15) is 18.5 Å². The molecule has 2 N–H and O–H groups in total. The smallest absolute Gasteiger partial charge is 0.265 e. The van der Waals surface area contributed by atoms with E-state index < -0.39 is 0 Å². The predicted octanol–water partition coefficient (Wildman–Crippen LogP) is -0.0712. The molecule has 0 aliphatic heterocycles. The van der Waals surface area contributed by atoms with Crippen LogP contribution in [0, 0.1) is 0 Å². The van der Waals surface area contributed by atoms with E-state index in [1.165, 1.54) is 12.8 Å². The molecule has 0 radical (unpaired) electrons. The number of nitrogens with one attached hydrogen (secondary N) is 2. The van der Waals surface area contributed by atoms with E-state index in [1.54, 1.807) is 7.11 Å². The van der Waals surface area contributed by atoms with Crippen molar-refractivity contribution in [3.63, 3.8) is 0 Å². The molecule has 8 heteroatoms. The summed E-state index contributed by atoms with van der Waals surface area (Å²) in [6.07, 6.45) is 6.11. The normalized spacial score (nSPS) is 13.8. The van der Waals surface area contributed by atoms with Crippen LogP contribution in [-0.2, 0) is 0 Å². The lowest BCUT2D eigenvalue weighted by Gasteiger charge is -1.95. The number of aliphatic imine (C=N–C) groups is 1. The fraction of sp³-hybridized carbons (Fsp3) is 0.235. The van der Waals surface area contributed by atoms with Gasteiger partial charge >= 0.3 is 0 Å². The van der Waals surface area contributed by atoms with E-state index in [0.29, 0.717) is 11.1 Å². The fourth-order valence-corrected chi connectivity index (χ4v) is 2.54. The lowest BCUT2D eigenvalue weighted by molar-refractivity contribution is -0.659. The second-order valence-electron chi connectivity index (χ2n) is 5.75. The third-order valence-corrected chi connectivity index (χ3v) is 4.15. The number of methoxy groups -OCH3 is 1. The molecule has 3 aromatic rings. The van der Waals surface area contributed by atoms with Gasteiger partial charge in [0.05, 0.1) is 18.8 Å². The van der Waals surface area contributed by atoms with Gasteiger partial charge < -0.3 is 22.1 Å². The summed E-state index contributed by atoms with van der Waals surface area (Å²) >= 11 is 5.93. The van der Waals surface area contributed by atoms with Crippen molar-refractivity contribution < 1.29 is 21.8 Å². The van der Waals surface area contributed by atoms with Gasteiger partial charge in [-0.15, -0.1) is 4.68 Å². The highest BCUT2D eigenvalue weighted by molar-refractivity contribution is 6.30. The highest BCUT2D eigenvalue weighted by Crippen LogP contribution is 2.27. The molecule has 1 aliphatic rings. The van der Waals surface area contributed by atoms with Gasteiger partial charge in [0.25, 0.3) is 5.69 Å². The van der Waals surface area contributed by atoms with Gasteiger partial charge in [0.1, 0.15) is 11.4 Å². The molecule has 2 aromatic heterocycles. The van der Waals surface area contributed by atoms with Crippen LogP contribution in [0.5, 0.6) is 5.75 Å². The maximum absolute atomic E-state index is 5.93. The highest BCUT2D eigenvalue weighted by atomic mass is 35.5. The van der Waals surface area contributed by atoms with Crippen molar-refractivity contribution in [3.8, 4) is 22.8 Å². The number of H-pyrrole nitrogens is 2. The largest absolute Gasteiger partial charge is 1.00 e. The monoisotopic (exact) mass is 377 g/mol. The molecule has 4 rings (SSSR count). The first-order valence-corrected chi connectivity index (χ1v) is 8.14. The molecule has 0 unspecified atom stereocenters. The quantitative estimate of drug-likeness (QED) is 0.482. The Balaban J connectivity index is 0.00000182. The van der Waals surface area contributed by atoms with Gasteiger partial charge in [-0.1, -0.05) is 16.8 Å². The lowest BCUT2D eigenvalue weighted by atomic mass is 10.3. The van der Waals surface area contributed by atoms with Crippen molar-refractivity contribution in [2.45, 2.75) is 18.9 Å². The van der Waals surface area contributed by atoms with Gasteiger partial charge in [0.15, 0.2) is 11.9 Å². The SMILES string of the molecule is COc1cc(-c2c[n+](-c3ccc(Cl)cc3)[nH]n2)[nH]c1C=NC1CC1.[Cl-]. The highest BCUT2D eigenvalue weighted by Gasteiger charge is 2.21. The number of rotatable bonds is 5. The Kier molecular flexibility index (Phi) is 5.11. The van der Waals surface area contributed by atoms with E-state index in [-0.39, 0.29) is 12.4 Å². The molecule has 25 heavy (non-hydrogen) atoms. The first-order valence-electron chi connectivity index (χ1n) is 7.76. The van der Waals surface area contributed by atoms with Crippen molar-refractivity contribution in [1.82, 2.24) is 15.3 Å². The zero-order valence-corrected chi connectivity index (χ0v) is 15.1. The molecule has 6 nitrogen and oxygen atoms in total. The predicted molar refractivity (Wildman–Crippen MR) is 92.1 cm³/mol. The number of benzene rings is 1. The average Bonchev–Trinajstić information content (AvgIpc) is 3.13. The van der Waals surface area contributed by atoms with Crippen molar-refractivity contribution >= 4 is 17.8 Å². The van der Waals surface area contributed by atoms with Crippen LogP contribution in [0.15, 0.2) is 41.5 Å². The maximum atomic E-state index is 5.93.